The van der Waals surface area contributed by atoms with E-state index in [1.54, 1.807) is 17.0 Å². The Morgan fingerprint density at radius 1 is 1.05 bits per heavy atom. The third-order valence-electron chi connectivity index (χ3n) is 6.97. The Morgan fingerprint density at radius 2 is 1.72 bits per heavy atom. The third-order valence-corrected chi connectivity index (χ3v) is 6.97. The molecule has 2 aromatic carbocycles. The number of hydrogen-bond donors (Lipinski definition) is 3. The van der Waals surface area contributed by atoms with E-state index < -0.39 is 45.6 Å². The number of fused-ring (bicyclic) bond motifs is 2. The summed E-state index contributed by atoms with van der Waals surface area (Å²) in [5.41, 5.74) is 4.24. The molecule has 0 amide bonds. The van der Waals surface area contributed by atoms with Crippen molar-refractivity contribution in [1.82, 2.24) is 14.9 Å². The van der Waals surface area contributed by atoms with Gasteiger partial charge in [0.25, 0.3) is 0 Å². The van der Waals surface area contributed by atoms with Crippen molar-refractivity contribution in [2.75, 3.05) is 23.7 Å². The number of rotatable bonds is 3. The molecule has 0 bridgehead atoms. The number of halogens is 3. The van der Waals surface area contributed by atoms with Crippen molar-refractivity contribution in [3.63, 3.8) is 0 Å². The maximum Gasteiger partial charge on any atom is 0.341 e. The fourth-order valence-corrected chi connectivity index (χ4v) is 5.17. The number of aromatic nitrogens is 2. The summed E-state index contributed by atoms with van der Waals surface area (Å²) in [6.07, 6.45) is 2.60. The molecule has 0 radical (unpaired) electrons. The van der Waals surface area contributed by atoms with E-state index in [-0.39, 0.29) is 29.3 Å². The first-order valence-corrected chi connectivity index (χ1v) is 12.7. The second kappa shape index (κ2) is 10.2. The van der Waals surface area contributed by atoms with Crippen molar-refractivity contribution in [2.24, 2.45) is 0 Å². The Bertz CT molecular complexity index is 1640. The molecule has 204 valence electrons. The number of piperazine rings is 1. The van der Waals surface area contributed by atoms with E-state index in [0.29, 0.717) is 18.6 Å². The number of para-hydroxylation sites is 1. The molecule has 1 aliphatic carbocycles. The van der Waals surface area contributed by atoms with Crippen LogP contribution in [0.3, 0.4) is 0 Å². The van der Waals surface area contributed by atoms with Crippen LogP contribution in [-0.2, 0) is 0 Å². The van der Waals surface area contributed by atoms with Crippen LogP contribution in [0.25, 0.3) is 21.8 Å². The van der Waals surface area contributed by atoms with Gasteiger partial charge in [0.05, 0.1) is 22.1 Å². The van der Waals surface area contributed by atoms with E-state index in [1.165, 1.54) is 10.6 Å². The van der Waals surface area contributed by atoms with Crippen molar-refractivity contribution in [3.8, 4) is 0 Å². The van der Waals surface area contributed by atoms with E-state index in [9.17, 15) is 19.1 Å². The van der Waals surface area contributed by atoms with Crippen LogP contribution in [0.15, 0.2) is 47.4 Å². The average molecular weight is 540 g/mol. The van der Waals surface area contributed by atoms with Gasteiger partial charge < -0.3 is 25.6 Å². The minimum absolute atomic E-state index is 0.0134. The number of carboxylic acids is 1. The van der Waals surface area contributed by atoms with Crippen LogP contribution in [0.1, 0.15) is 43.1 Å². The maximum absolute atomic E-state index is 15.6. The largest absolute Gasteiger partial charge is 0.477 e. The SMILES string of the molecule is C[C@@H]1CN(c2c(F)c(N)c3c(=O)c(C(=O)O)cn(C4CC4)c3c2F)C[C@H](C)N1.Fc1ccc2ccccc2n1. The number of nitrogens with two attached hydrogens (primary N) is 1. The molecule has 1 saturated carbocycles. The molecule has 2 aromatic heterocycles. The highest BCUT2D eigenvalue weighted by molar-refractivity contribution is 5.99. The van der Waals surface area contributed by atoms with Gasteiger partial charge in [0.2, 0.25) is 11.4 Å². The highest BCUT2D eigenvalue weighted by atomic mass is 19.1. The number of carbonyl (C=O) groups is 1. The lowest BCUT2D eigenvalue weighted by Crippen LogP contribution is -2.54. The van der Waals surface area contributed by atoms with Crippen LogP contribution >= 0.6 is 0 Å². The van der Waals surface area contributed by atoms with E-state index >= 15 is 8.78 Å². The van der Waals surface area contributed by atoms with Crippen LogP contribution in [0.4, 0.5) is 24.5 Å². The summed E-state index contributed by atoms with van der Waals surface area (Å²) in [5, 5.41) is 13.2. The van der Waals surface area contributed by atoms with Crippen molar-refractivity contribution in [1.29, 1.82) is 0 Å². The maximum atomic E-state index is 15.6. The van der Waals surface area contributed by atoms with Crippen molar-refractivity contribution >= 4 is 39.1 Å². The minimum atomic E-state index is -1.45. The quantitative estimate of drug-likeness (QED) is 0.260. The first kappa shape index (κ1) is 26.5. The fourth-order valence-electron chi connectivity index (χ4n) is 5.17. The Morgan fingerprint density at radius 3 is 2.36 bits per heavy atom. The number of nitrogens with zero attached hydrogens (tertiary/aromatic N) is 3. The van der Waals surface area contributed by atoms with Gasteiger partial charge in [-0.1, -0.05) is 18.2 Å². The Kier molecular flexibility index (Phi) is 6.94. The molecular formula is C28H28F3N5O3. The molecule has 11 heteroatoms. The van der Waals surface area contributed by atoms with E-state index in [1.807, 2.05) is 32.0 Å². The van der Waals surface area contributed by atoms with Crippen molar-refractivity contribution < 1.29 is 23.1 Å². The molecule has 1 saturated heterocycles. The zero-order chi connectivity index (χ0) is 28.0. The van der Waals surface area contributed by atoms with Gasteiger partial charge in [0.1, 0.15) is 11.3 Å². The molecular weight excluding hydrogens is 511 g/mol. The molecule has 0 unspecified atom stereocenters. The normalized spacial score (nSPS) is 19.2. The summed E-state index contributed by atoms with van der Waals surface area (Å²) in [7, 11) is 0. The van der Waals surface area contributed by atoms with Gasteiger partial charge in [-0.25, -0.2) is 18.6 Å². The highest BCUT2D eigenvalue weighted by Crippen LogP contribution is 2.41. The first-order chi connectivity index (χ1) is 18.6. The van der Waals surface area contributed by atoms with Crippen LogP contribution in [0.5, 0.6) is 0 Å². The van der Waals surface area contributed by atoms with Crippen LogP contribution in [0.2, 0.25) is 0 Å². The lowest BCUT2D eigenvalue weighted by molar-refractivity contribution is 0.0694. The number of aromatic carboxylic acids is 1. The predicted molar refractivity (Wildman–Crippen MR) is 144 cm³/mol. The van der Waals surface area contributed by atoms with Crippen LogP contribution in [-0.4, -0.2) is 45.8 Å². The van der Waals surface area contributed by atoms with Gasteiger partial charge in [0.15, 0.2) is 11.6 Å². The number of anilines is 2. The van der Waals surface area contributed by atoms with Gasteiger partial charge in [-0.15, -0.1) is 0 Å². The third kappa shape index (κ3) is 5.01. The molecule has 8 nitrogen and oxygen atoms in total. The van der Waals surface area contributed by atoms with Gasteiger partial charge in [-0.05, 0) is 44.9 Å². The van der Waals surface area contributed by atoms with Gasteiger partial charge in [0, 0.05) is 42.8 Å². The second-order valence-electron chi connectivity index (χ2n) is 10.1. The molecule has 6 rings (SSSR count). The monoisotopic (exact) mass is 539 g/mol. The molecule has 2 fully saturated rings. The van der Waals surface area contributed by atoms with Crippen LogP contribution in [0, 0.1) is 17.6 Å². The topological polar surface area (TPSA) is 113 Å². The number of nitrogen functional groups attached to an aromatic ring is 1. The molecule has 2 aliphatic rings. The summed E-state index contributed by atoms with van der Waals surface area (Å²) in [6, 6.07) is 10.4. The highest BCUT2D eigenvalue weighted by Gasteiger charge is 2.34. The average Bonchev–Trinajstić information content (AvgIpc) is 3.72. The molecule has 4 aromatic rings. The van der Waals surface area contributed by atoms with E-state index in [0.717, 1.165) is 24.4 Å². The Labute approximate surface area is 221 Å². The fraction of sp³-hybridized carbons (Fsp3) is 0.321. The summed E-state index contributed by atoms with van der Waals surface area (Å²) < 4.78 is 44.8. The number of nitrogens with one attached hydrogen (secondary N) is 1. The number of hydrogen-bond acceptors (Lipinski definition) is 6. The summed E-state index contributed by atoms with van der Waals surface area (Å²) in [5.74, 6) is -3.77. The molecule has 2 atom stereocenters. The Hall–Kier alpha value is -4.12. The summed E-state index contributed by atoms with van der Waals surface area (Å²) in [4.78, 5) is 29.4. The summed E-state index contributed by atoms with van der Waals surface area (Å²) in [6.45, 7) is 4.60. The summed E-state index contributed by atoms with van der Waals surface area (Å²) >= 11 is 0. The number of benzene rings is 2. The molecule has 4 N–H and O–H groups in total. The molecule has 1 aliphatic heterocycles. The van der Waals surface area contributed by atoms with E-state index in [2.05, 4.69) is 10.3 Å². The van der Waals surface area contributed by atoms with Gasteiger partial charge >= 0.3 is 5.97 Å². The number of carboxylic acid groups (broad SMARTS) is 1. The van der Waals surface area contributed by atoms with Crippen molar-refractivity contribution in [2.45, 2.75) is 44.8 Å². The predicted octanol–water partition coefficient (Wildman–Crippen LogP) is 4.46. The van der Waals surface area contributed by atoms with Gasteiger partial charge in [-0.3, -0.25) is 4.79 Å². The first-order valence-electron chi connectivity index (χ1n) is 12.7. The van der Waals surface area contributed by atoms with E-state index in [4.69, 9.17) is 5.73 Å². The zero-order valence-electron chi connectivity index (χ0n) is 21.4. The number of pyridine rings is 2. The lowest BCUT2D eigenvalue weighted by Gasteiger charge is -2.38. The van der Waals surface area contributed by atoms with Crippen LogP contribution < -0.4 is 21.4 Å². The lowest BCUT2D eigenvalue weighted by atomic mass is 10.0. The minimum Gasteiger partial charge on any atom is -0.477 e. The standard InChI is InChI=1S/C19H22F2N4O3.C9H6FN/c1-8-5-24(6-9(2)23-8)17-13(20)15(22)12-16(14(17)21)25(10-3-4-10)7-11(18(12)26)19(27)28;10-9-6-5-7-3-1-2-4-8(7)11-9/h7-10,23H,3-6,22H2,1-2H3,(H,27,28);1-6H/t8-,9+;. The second-order valence-corrected chi connectivity index (χ2v) is 10.1. The van der Waals surface area contributed by atoms with Gasteiger partial charge in [-0.2, -0.15) is 4.39 Å². The zero-order valence-corrected chi connectivity index (χ0v) is 21.4. The van der Waals surface area contributed by atoms with Crippen molar-refractivity contribution in [3.05, 3.63) is 76.0 Å². The smallest absolute Gasteiger partial charge is 0.341 e. The molecule has 3 heterocycles. The Balaban J connectivity index is 0.000000233. The molecule has 39 heavy (non-hydrogen) atoms. The molecule has 0 spiro atoms.